The largest absolute Gasteiger partial charge is 0.481 e. The van der Waals surface area contributed by atoms with Crippen LogP contribution in [0.5, 0.6) is 0 Å². The molecule has 2 aromatic rings. The van der Waals surface area contributed by atoms with Gasteiger partial charge in [-0.15, -0.1) is 0 Å². The maximum absolute atomic E-state index is 12.2. The second kappa shape index (κ2) is 5.44. The van der Waals surface area contributed by atoms with E-state index in [1.54, 1.807) is 18.4 Å². The van der Waals surface area contributed by atoms with E-state index in [1.165, 1.54) is 0 Å². The Labute approximate surface area is 121 Å². The summed E-state index contributed by atoms with van der Waals surface area (Å²) in [5.41, 5.74) is 0.897. The summed E-state index contributed by atoms with van der Waals surface area (Å²) < 4.78 is 5.39. The molecule has 1 aliphatic carbocycles. The Morgan fingerprint density at radius 3 is 2.48 bits per heavy atom. The average Bonchev–Trinajstić information content (AvgIpc) is 3.13. The van der Waals surface area contributed by atoms with Crippen LogP contribution in [-0.4, -0.2) is 17.0 Å². The standard InChI is InChI=1S/C16H15NO4/c18-15(11-9-12(11)16(19)20)17-14(13-7-4-8-21-13)10-5-2-1-3-6-10/h1-8,11-12,14H,9H2,(H,17,18)(H,19,20)/t11-,12+,14?/m1/s1. The van der Waals surface area contributed by atoms with E-state index in [0.717, 1.165) is 5.56 Å². The number of amides is 1. The number of carboxylic acid groups (broad SMARTS) is 1. The number of carbonyl (C=O) groups is 2. The van der Waals surface area contributed by atoms with Gasteiger partial charge in [0.25, 0.3) is 0 Å². The number of aliphatic carboxylic acids is 1. The third-order valence-corrected chi connectivity index (χ3v) is 3.69. The van der Waals surface area contributed by atoms with Gasteiger partial charge in [-0.3, -0.25) is 9.59 Å². The van der Waals surface area contributed by atoms with Crippen LogP contribution in [0.25, 0.3) is 0 Å². The zero-order valence-corrected chi connectivity index (χ0v) is 11.2. The maximum Gasteiger partial charge on any atom is 0.307 e. The first-order valence-corrected chi connectivity index (χ1v) is 6.78. The fraction of sp³-hybridized carbons (Fsp3) is 0.250. The van der Waals surface area contributed by atoms with Gasteiger partial charge in [-0.25, -0.2) is 0 Å². The van der Waals surface area contributed by atoms with Crippen LogP contribution in [0.2, 0.25) is 0 Å². The fourth-order valence-electron chi connectivity index (χ4n) is 2.43. The lowest BCUT2D eigenvalue weighted by Crippen LogP contribution is -2.31. The number of rotatable bonds is 5. The molecule has 1 heterocycles. The lowest BCUT2D eigenvalue weighted by atomic mass is 10.0. The molecular formula is C16H15NO4. The van der Waals surface area contributed by atoms with Crippen molar-refractivity contribution in [2.45, 2.75) is 12.5 Å². The van der Waals surface area contributed by atoms with E-state index >= 15 is 0 Å². The van der Waals surface area contributed by atoms with Crippen molar-refractivity contribution in [2.75, 3.05) is 0 Å². The molecule has 1 aromatic carbocycles. The first-order chi connectivity index (χ1) is 10.2. The van der Waals surface area contributed by atoms with Gasteiger partial charge in [-0.1, -0.05) is 30.3 Å². The van der Waals surface area contributed by atoms with Crippen molar-refractivity contribution in [2.24, 2.45) is 11.8 Å². The minimum Gasteiger partial charge on any atom is -0.481 e. The number of benzene rings is 1. The predicted octanol–water partition coefficient (Wildman–Crippen LogP) is 2.21. The van der Waals surface area contributed by atoms with E-state index in [-0.39, 0.29) is 5.91 Å². The van der Waals surface area contributed by atoms with Crippen molar-refractivity contribution < 1.29 is 19.1 Å². The quantitative estimate of drug-likeness (QED) is 0.882. The van der Waals surface area contributed by atoms with E-state index in [9.17, 15) is 9.59 Å². The van der Waals surface area contributed by atoms with Crippen molar-refractivity contribution in [3.8, 4) is 0 Å². The highest BCUT2D eigenvalue weighted by molar-refractivity contribution is 5.89. The molecule has 1 aliphatic rings. The highest BCUT2D eigenvalue weighted by atomic mass is 16.4. The van der Waals surface area contributed by atoms with Gasteiger partial charge in [0.05, 0.1) is 18.1 Å². The van der Waals surface area contributed by atoms with Crippen molar-refractivity contribution in [1.82, 2.24) is 5.32 Å². The average molecular weight is 285 g/mol. The molecule has 1 fully saturated rings. The lowest BCUT2D eigenvalue weighted by Gasteiger charge is -2.17. The van der Waals surface area contributed by atoms with Crippen LogP contribution < -0.4 is 5.32 Å². The van der Waals surface area contributed by atoms with Gasteiger partial charge in [0.1, 0.15) is 11.8 Å². The molecule has 0 bridgehead atoms. The van der Waals surface area contributed by atoms with Crippen molar-refractivity contribution in [1.29, 1.82) is 0 Å². The molecule has 0 aliphatic heterocycles. The summed E-state index contributed by atoms with van der Waals surface area (Å²) in [6, 6.07) is 12.6. The summed E-state index contributed by atoms with van der Waals surface area (Å²) in [6.45, 7) is 0. The van der Waals surface area contributed by atoms with Crippen LogP contribution in [0.1, 0.15) is 23.8 Å². The van der Waals surface area contributed by atoms with Crippen LogP contribution in [0, 0.1) is 11.8 Å². The third-order valence-electron chi connectivity index (χ3n) is 3.69. The zero-order valence-electron chi connectivity index (χ0n) is 11.2. The SMILES string of the molecule is O=C(O)[C@H]1C[C@H]1C(=O)NC(c1ccccc1)c1ccco1. The van der Waals surface area contributed by atoms with Gasteiger partial charge in [-0.2, -0.15) is 0 Å². The van der Waals surface area contributed by atoms with Gasteiger partial charge in [0, 0.05) is 0 Å². The Bertz CT molecular complexity index is 636. The van der Waals surface area contributed by atoms with Crippen LogP contribution >= 0.6 is 0 Å². The molecule has 1 unspecified atom stereocenters. The molecule has 1 saturated carbocycles. The molecule has 21 heavy (non-hydrogen) atoms. The number of nitrogens with one attached hydrogen (secondary N) is 1. The van der Waals surface area contributed by atoms with Crippen LogP contribution in [0.15, 0.2) is 53.1 Å². The third kappa shape index (κ3) is 2.81. The number of carbonyl (C=O) groups excluding carboxylic acids is 1. The lowest BCUT2D eigenvalue weighted by molar-refractivity contribution is -0.140. The van der Waals surface area contributed by atoms with Crippen molar-refractivity contribution >= 4 is 11.9 Å². The Morgan fingerprint density at radius 2 is 1.90 bits per heavy atom. The van der Waals surface area contributed by atoms with E-state index in [1.807, 2.05) is 30.3 Å². The smallest absolute Gasteiger partial charge is 0.307 e. The number of furan rings is 1. The minimum atomic E-state index is -0.913. The Morgan fingerprint density at radius 1 is 1.14 bits per heavy atom. The molecule has 0 spiro atoms. The molecule has 3 rings (SSSR count). The van der Waals surface area contributed by atoms with Crippen LogP contribution in [0.3, 0.4) is 0 Å². The summed E-state index contributed by atoms with van der Waals surface area (Å²) >= 11 is 0. The fourth-order valence-corrected chi connectivity index (χ4v) is 2.43. The number of carboxylic acids is 1. The van der Waals surface area contributed by atoms with Gasteiger partial charge in [0.15, 0.2) is 0 Å². The summed E-state index contributed by atoms with van der Waals surface area (Å²) in [5, 5.41) is 11.8. The van der Waals surface area contributed by atoms with E-state index in [4.69, 9.17) is 9.52 Å². The Hall–Kier alpha value is -2.56. The van der Waals surface area contributed by atoms with E-state index in [0.29, 0.717) is 12.2 Å². The first kappa shape index (κ1) is 13.4. The topological polar surface area (TPSA) is 79.5 Å². The molecule has 5 heteroatoms. The predicted molar refractivity (Wildman–Crippen MR) is 74.4 cm³/mol. The number of hydrogen-bond acceptors (Lipinski definition) is 3. The summed E-state index contributed by atoms with van der Waals surface area (Å²) in [4.78, 5) is 23.0. The van der Waals surface area contributed by atoms with Gasteiger partial charge in [-0.05, 0) is 24.1 Å². The number of hydrogen-bond donors (Lipinski definition) is 2. The Kier molecular flexibility index (Phi) is 3.48. The molecule has 2 N–H and O–H groups in total. The molecule has 5 nitrogen and oxygen atoms in total. The highest BCUT2D eigenvalue weighted by Gasteiger charge is 2.48. The van der Waals surface area contributed by atoms with Gasteiger partial charge in [0.2, 0.25) is 5.91 Å². The normalized spacial score (nSPS) is 21.5. The monoisotopic (exact) mass is 285 g/mol. The van der Waals surface area contributed by atoms with Crippen LogP contribution in [0.4, 0.5) is 0 Å². The van der Waals surface area contributed by atoms with Gasteiger partial charge < -0.3 is 14.8 Å². The second-order valence-corrected chi connectivity index (χ2v) is 5.15. The molecule has 1 amide bonds. The van der Waals surface area contributed by atoms with Crippen molar-refractivity contribution in [3.63, 3.8) is 0 Å². The van der Waals surface area contributed by atoms with E-state index in [2.05, 4.69) is 5.32 Å². The molecule has 3 atom stereocenters. The molecular weight excluding hydrogens is 270 g/mol. The summed E-state index contributed by atoms with van der Waals surface area (Å²) in [6.07, 6.45) is 1.95. The molecule has 108 valence electrons. The van der Waals surface area contributed by atoms with Crippen LogP contribution in [-0.2, 0) is 9.59 Å². The second-order valence-electron chi connectivity index (χ2n) is 5.15. The first-order valence-electron chi connectivity index (χ1n) is 6.78. The minimum absolute atomic E-state index is 0.243. The maximum atomic E-state index is 12.2. The summed E-state index contributed by atoms with van der Waals surface area (Å²) in [7, 11) is 0. The van der Waals surface area contributed by atoms with Crippen molar-refractivity contribution in [3.05, 3.63) is 60.1 Å². The molecule has 0 saturated heterocycles. The molecule has 1 aromatic heterocycles. The Balaban J connectivity index is 1.78. The summed E-state index contributed by atoms with van der Waals surface area (Å²) in [5.74, 6) is -1.53. The highest BCUT2D eigenvalue weighted by Crippen LogP contribution is 2.39. The molecule has 0 radical (unpaired) electrons. The zero-order chi connectivity index (χ0) is 14.8. The van der Waals surface area contributed by atoms with E-state index < -0.39 is 23.8 Å². The van der Waals surface area contributed by atoms with Gasteiger partial charge >= 0.3 is 5.97 Å².